The van der Waals surface area contributed by atoms with E-state index in [-0.39, 0.29) is 5.82 Å². The van der Waals surface area contributed by atoms with Gasteiger partial charge >= 0.3 is 0 Å². The van der Waals surface area contributed by atoms with Crippen molar-refractivity contribution < 1.29 is 4.39 Å². The molecule has 0 atom stereocenters. The second-order valence-electron chi connectivity index (χ2n) is 3.48. The molecule has 0 aliphatic heterocycles. The van der Waals surface area contributed by atoms with Gasteiger partial charge in [-0.05, 0) is 31.3 Å². The molecule has 0 radical (unpaired) electrons. The van der Waals surface area contributed by atoms with E-state index in [1.807, 2.05) is 7.05 Å². The maximum Gasteiger partial charge on any atom is 0.146 e. The van der Waals surface area contributed by atoms with Gasteiger partial charge in [-0.15, -0.1) is 0 Å². The van der Waals surface area contributed by atoms with E-state index in [1.165, 1.54) is 12.1 Å². The van der Waals surface area contributed by atoms with Crippen molar-refractivity contribution in [2.75, 3.05) is 12.8 Å². The fourth-order valence-electron chi connectivity index (χ4n) is 1.55. The lowest BCUT2D eigenvalue weighted by Crippen LogP contribution is -2.10. The lowest BCUT2D eigenvalue weighted by molar-refractivity contribution is 0.626. The van der Waals surface area contributed by atoms with Gasteiger partial charge in [-0.25, -0.2) is 9.07 Å². The lowest BCUT2D eigenvalue weighted by atomic mass is 10.3. The minimum atomic E-state index is -0.265. The maximum atomic E-state index is 12.8. The first-order valence-corrected chi connectivity index (χ1v) is 4.95. The molecule has 1 heterocycles. The highest BCUT2D eigenvalue weighted by Gasteiger charge is 2.06. The Hall–Kier alpha value is -1.88. The maximum absolute atomic E-state index is 12.8. The Balaban J connectivity index is 2.42. The number of halogens is 1. The fourth-order valence-corrected chi connectivity index (χ4v) is 1.55. The van der Waals surface area contributed by atoms with Crippen molar-refractivity contribution in [2.24, 2.45) is 0 Å². The molecule has 16 heavy (non-hydrogen) atoms. The van der Waals surface area contributed by atoms with Crippen molar-refractivity contribution in [3.63, 3.8) is 0 Å². The highest BCUT2D eigenvalue weighted by molar-refractivity contribution is 5.38. The van der Waals surface area contributed by atoms with Gasteiger partial charge in [0, 0.05) is 12.6 Å². The van der Waals surface area contributed by atoms with Crippen LogP contribution in [0.3, 0.4) is 0 Å². The molecule has 1 aromatic carbocycles. The number of nitrogens with two attached hydrogens (primary N) is 1. The minimum Gasteiger partial charge on any atom is -0.382 e. The monoisotopic (exact) mass is 220 g/mol. The van der Waals surface area contributed by atoms with Crippen molar-refractivity contribution in [2.45, 2.75) is 6.54 Å². The molecule has 5 heteroatoms. The molecular formula is C11H13FN4. The predicted octanol–water partition coefficient (Wildman–Crippen LogP) is 1.31. The molecule has 0 aliphatic carbocycles. The molecule has 4 nitrogen and oxygen atoms in total. The average molecular weight is 220 g/mol. The minimum absolute atomic E-state index is 0.265. The van der Waals surface area contributed by atoms with Gasteiger partial charge in [-0.2, -0.15) is 5.10 Å². The Bertz CT molecular complexity index is 475. The van der Waals surface area contributed by atoms with E-state index in [4.69, 9.17) is 5.73 Å². The number of rotatable bonds is 3. The second kappa shape index (κ2) is 4.32. The van der Waals surface area contributed by atoms with E-state index >= 15 is 0 Å². The molecule has 1 aromatic heterocycles. The molecule has 84 valence electrons. The smallest absolute Gasteiger partial charge is 0.146 e. The Morgan fingerprint density at radius 2 is 2.06 bits per heavy atom. The van der Waals surface area contributed by atoms with Crippen LogP contribution in [0.1, 0.15) is 5.69 Å². The van der Waals surface area contributed by atoms with Gasteiger partial charge in [-0.1, -0.05) is 0 Å². The molecule has 0 fully saturated rings. The number of benzene rings is 1. The van der Waals surface area contributed by atoms with Crippen LogP contribution in [-0.4, -0.2) is 16.8 Å². The normalized spacial score (nSPS) is 10.6. The summed E-state index contributed by atoms with van der Waals surface area (Å²) in [4.78, 5) is 0. The molecule has 0 spiro atoms. The molecule has 2 aromatic rings. The summed E-state index contributed by atoms with van der Waals surface area (Å²) < 4.78 is 14.5. The summed E-state index contributed by atoms with van der Waals surface area (Å²) in [5, 5.41) is 7.19. The van der Waals surface area contributed by atoms with Crippen molar-refractivity contribution in [1.29, 1.82) is 0 Å². The van der Waals surface area contributed by atoms with E-state index in [9.17, 15) is 4.39 Å². The summed E-state index contributed by atoms with van der Waals surface area (Å²) in [6.45, 7) is 0.654. The van der Waals surface area contributed by atoms with Gasteiger partial charge in [0.15, 0.2) is 0 Å². The zero-order valence-electron chi connectivity index (χ0n) is 8.94. The van der Waals surface area contributed by atoms with Gasteiger partial charge in [0.25, 0.3) is 0 Å². The quantitative estimate of drug-likeness (QED) is 0.820. The summed E-state index contributed by atoms with van der Waals surface area (Å²) >= 11 is 0. The summed E-state index contributed by atoms with van der Waals surface area (Å²) in [6, 6.07) is 7.93. The van der Waals surface area contributed by atoms with Crippen molar-refractivity contribution >= 4 is 5.82 Å². The highest BCUT2D eigenvalue weighted by Crippen LogP contribution is 2.14. The Morgan fingerprint density at radius 3 is 2.69 bits per heavy atom. The Labute approximate surface area is 92.9 Å². The molecular weight excluding hydrogens is 207 g/mol. The molecule has 0 unspecified atom stereocenters. The van der Waals surface area contributed by atoms with Crippen LogP contribution in [-0.2, 0) is 6.54 Å². The zero-order chi connectivity index (χ0) is 11.5. The third-order valence-corrected chi connectivity index (χ3v) is 2.23. The average Bonchev–Trinajstić information content (AvgIpc) is 2.61. The van der Waals surface area contributed by atoms with Crippen molar-refractivity contribution in [1.82, 2.24) is 15.1 Å². The van der Waals surface area contributed by atoms with Crippen LogP contribution in [0.25, 0.3) is 5.69 Å². The molecule has 3 N–H and O–H groups in total. The number of nitrogens with one attached hydrogen (secondary N) is 1. The largest absolute Gasteiger partial charge is 0.382 e. The fraction of sp³-hybridized carbons (Fsp3) is 0.182. The Morgan fingerprint density at radius 1 is 1.38 bits per heavy atom. The summed E-state index contributed by atoms with van der Waals surface area (Å²) in [5.41, 5.74) is 7.37. The van der Waals surface area contributed by atoms with Gasteiger partial charge in [-0.3, -0.25) is 0 Å². The zero-order valence-corrected chi connectivity index (χ0v) is 8.94. The number of anilines is 1. The van der Waals surface area contributed by atoms with Gasteiger partial charge < -0.3 is 11.1 Å². The molecule has 2 rings (SSSR count). The van der Waals surface area contributed by atoms with Crippen LogP contribution in [0.4, 0.5) is 10.2 Å². The van der Waals surface area contributed by atoms with E-state index in [0.29, 0.717) is 12.4 Å². The highest BCUT2D eigenvalue weighted by atomic mass is 19.1. The van der Waals surface area contributed by atoms with Crippen LogP contribution < -0.4 is 11.1 Å². The lowest BCUT2D eigenvalue weighted by Gasteiger charge is -2.06. The second-order valence-corrected chi connectivity index (χ2v) is 3.48. The number of nitrogen functional groups attached to an aromatic ring is 1. The summed E-state index contributed by atoms with van der Waals surface area (Å²) in [7, 11) is 1.85. The number of hydrogen-bond donors (Lipinski definition) is 2. The molecule has 0 amide bonds. The van der Waals surface area contributed by atoms with Crippen LogP contribution in [0.15, 0.2) is 30.3 Å². The van der Waals surface area contributed by atoms with E-state index in [2.05, 4.69) is 10.4 Å². The van der Waals surface area contributed by atoms with E-state index in [0.717, 1.165) is 11.4 Å². The molecule has 0 bridgehead atoms. The first-order chi connectivity index (χ1) is 7.70. The van der Waals surface area contributed by atoms with Gasteiger partial charge in [0.1, 0.15) is 11.6 Å². The van der Waals surface area contributed by atoms with Crippen LogP contribution >= 0.6 is 0 Å². The third kappa shape index (κ3) is 2.04. The first kappa shape index (κ1) is 10.6. The number of aromatic nitrogens is 2. The number of nitrogens with zero attached hydrogens (tertiary/aromatic N) is 2. The first-order valence-electron chi connectivity index (χ1n) is 4.95. The molecule has 0 saturated carbocycles. The molecule has 0 aliphatic rings. The summed E-state index contributed by atoms with van der Waals surface area (Å²) in [6.07, 6.45) is 0. The summed E-state index contributed by atoms with van der Waals surface area (Å²) in [5.74, 6) is 0.189. The van der Waals surface area contributed by atoms with Gasteiger partial charge in [0.2, 0.25) is 0 Å². The van der Waals surface area contributed by atoms with Gasteiger partial charge in [0.05, 0.1) is 11.4 Å². The van der Waals surface area contributed by atoms with Crippen molar-refractivity contribution in [3.8, 4) is 5.69 Å². The van der Waals surface area contributed by atoms with Crippen LogP contribution in [0.5, 0.6) is 0 Å². The van der Waals surface area contributed by atoms with Crippen LogP contribution in [0, 0.1) is 5.82 Å². The van der Waals surface area contributed by atoms with Crippen molar-refractivity contribution in [3.05, 3.63) is 41.8 Å². The molecule has 0 saturated heterocycles. The predicted molar refractivity (Wildman–Crippen MR) is 60.7 cm³/mol. The topological polar surface area (TPSA) is 55.9 Å². The van der Waals surface area contributed by atoms with E-state index in [1.54, 1.807) is 22.9 Å². The number of hydrogen-bond acceptors (Lipinski definition) is 3. The van der Waals surface area contributed by atoms with Crippen LogP contribution in [0.2, 0.25) is 0 Å². The standard InChI is InChI=1S/C11H13FN4/c1-14-7-10-6-11(13)15-16(10)9-4-2-8(12)3-5-9/h2-6,14H,7H2,1H3,(H2,13,15). The van der Waals surface area contributed by atoms with E-state index < -0.39 is 0 Å². The third-order valence-electron chi connectivity index (χ3n) is 2.23. The SMILES string of the molecule is CNCc1cc(N)nn1-c1ccc(F)cc1. The Kier molecular flexibility index (Phi) is 2.87.